The minimum absolute atomic E-state index is 0.188. The summed E-state index contributed by atoms with van der Waals surface area (Å²) in [5.41, 5.74) is 15.1. The minimum Gasteiger partial charge on any atom is -0.379 e. The molecule has 5 rings (SSSR count). The Bertz CT molecular complexity index is 1370. The molecule has 1 unspecified atom stereocenters. The maximum atomic E-state index is 13.1. The van der Waals surface area contributed by atoms with Crippen LogP contribution in [0.1, 0.15) is 88.6 Å². The highest BCUT2D eigenvalue weighted by Gasteiger charge is 2.31. The van der Waals surface area contributed by atoms with E-state index in [0.29, 0.717) is 23.6 Å². The number of nitrogens with one attached hydrogen (secondary N) is 3. The Labute approximate surface area is 247 Å². The number of benzene rings is 1. The van der Waals surface area contributed by atoms with Crippen molar-refractivity contribution in [2.24, 2.45) is 17.4 Å². The van der Waals surface area contributed by atoms with Crippen LogP contribution in [0.25, 0.3) is 16.7 Å². The van der Waals surface area contributed by atoms with Crippen LogP contribution in [0.4, 0.5) is 0 Å². The van der Waals surface area contributed by atoms with Crippen LogP contribution in [0, 0.1) is 11.3 Å². The molecule has 0 saturated carbocycles. The molecule has 41 heavy (non-hydrogen) atoms. The summed E-state index contributed by atoms with van der Waals surface area (Å²) in [7, 11) is 0. The van der Waals surface area contributed by atoms with Crippen LogP contribution in [-0.4, -0.2) is 55.5 Å². The third-order valence-corrected chi connectivity index (χ3v) is 9.39. The summed E-state index contributed by atoms with van der Waals surface area (Å²) in [4.78, 5) is 23.5. The average molecular weight is 579 g/mol. The van der Waals surface area contributed by atoms with Crippen molar-refractivity contribution in [1.29, 1.82) is 5.41 Å². The number of thioether (sulfide) groups is 1. The highest BCUT2D eigenvalue weighted by Crippen LogP contribution is 2.36. The first-order chi connectivity index (χ1) is 19.8. The normalized spacial score (nSPS) is 24.5. The van der Waals surface area contributed by atoms with Crippen molar-refractivity contribution in [3.63, 3.8) is 0 Å². The Balaban J connectivity index is 1.30. The molecule has 0 bridgehead atoms. The molecule has 2 aromatic heterocycles. The largest absolute Gasteiger partial charge is 0.379 e. The van der Waals surface area contributed by atoms with Gasteiger partial charge in [0.25, 0.3) is 0 Å². The number of rotatable bonds is 10. The lowest BCUT2D eigenvalue weighted by atomic mass is 10.0. The zero-order valence-corrected chi connectivity index (χ0v) is 25.3. The summed E-state index contributed by atoms with van der Waals surface area (Å²) in [5, 5.41) is 12.4. The lowest BCUT2D eigenvalue weighted by Crippen LogP contribution is -2.32. The summed E-state index contributed by atoms with van der Waals surface area (Å²) in [6, 6.07) is 11.8. The summed E-state index contributed by atoms with van der Waals surface area (Å²) in [6.07, 6.45) is 10.8. The van der Waals surface area contributed by atoms with E-state index in [9.17, 15) is 4.79 Å². The molecule has 2 aliphatic rings. The SMILES string of the molecule is C[C@H]1CC(c2cc3cn(-c4ccc([C@@H]5CCCC[C@@H](CCSC(=N)N)N5)cc4)c(=O)nc3[nH]2)N(CCC[C@@H](C)N)C1. The minimum atomic E-state index is -0.275. The molecule has 2 fully saturated rings. The number of aromatic amines is 1. The quantitative estimate of drug-likeness (QED) is 0.172. The molecule has 0 spiro atoms. The molecule has 7 N–H and O–H groups in total. The fourth-order valence-electron chi connectivity index (χ4n) is 6.56. The number of hydrogen-bond acceptors (Lipinski definition) is 7. The molecular weight excluding hydrogens is 532 g/mol. The molecule has 2 aliphatic heterocycles. The number of fused-ring (bicyclic) bond motifs is 1. The topological polar surface area (TPSA) is 142 Å². The van der Waals surface area contributed by atoms with Crippen molar-refractivity contribution in [2.75, 3.05) is 18.8 Å². The zero-order chi connectivity index (χ0) is 28.9. The fourth-order valence-corrected chi connectivity index (χ4v) is 7.18. The van der Waals surface area contributed by atoms with Crippen molar-refractivity contribution in [3.8, 4) is 5.69 Å². The molecule has 4 heterocycles. The first kappa shape index (κ1) is 29.8. The van der Waals surface area contributed by atoms with Crippen LogP contribution in [0.2, 0.25) is 0 Å². The van der Waals surface area contributed by atoms with Crippen molar-refractivity contribution in [2.45, 2.75) is 89.4 Å². The highest BCUT2D eigenvalue weighted by atomic mass is 32.2. The van der Waals surface area contributed by atoms with E-state index in [1.165, 1.54) is 30.2 Å². The van der Waals surface area contributed by atoms with Gasteiger partial charge in [0.1, 0.15) is 5.65 Å². The van der Waals surface area contributed by atoms with Gasteiger partial charge >= 0.3 is 5.69 Å². The second kappa shape index (κ2) is 13.5. The average Bonchev–Trinajstić information content (AvgIpc) is 3.42. The molecular formula is C31H46N8OS. The van der Waals surface area contributed by atoms with Gasteiger partial charge < -0.3 is 21.8 Å². The second-order valence-corrected chi connectivity index (χ2v) is 13.3. The van der Waals surface area contributed by atoms with E-state index < -0.39 is 0 Å². The van der Waals surface area contributed by atoms with E-state index in [-0.39, 0.29) is 22.9 Å². The van der Waals surface area contributed by atoms with Crippen molar-refractivity contribution >= 4 is 28.0 Å². The Hall–Kier alpha value is -2.66. The van der Waals surface area contributed by atoms with E-state index >= 15 is 0 Å². The van der Waals surface area contributed by atoms with Gasteiger partial charge in [0.05, 0.1) is 11.7 Å². The third kappa shape index (κ3) is 7.60. The van der Waals surface area contributed by atoms with E-state index in [4.69, 9.17) is 16.9 Å². The van der Waals surface area contributed by atoms with Gasteiger partial charge in [0, 0.05) is 47.7 Å². The summed E-state index contributed by atoms with van der Waals surface area (Å²) in [5.74, 6) is 1.49. The van der Waals surface area contributed by atoms with Crippen LogP contribution >= 0.6 is 11.8 Å². The summed E-state index contributed by atoms with van der Waals surface area (Å²) >= 11 is 1.42. The first-order valence-electron chi connectivity index (χ1n) is 15.2. The van der Waals surface area contributed by atoms with E-state index in [2.05, 4.69) is 52.2 Å². The van der Waals surface area contributed by atoms with Gasteiger partial charge in [-0.1, -0.05) is 43.7 Å². The molecule has 0 amide bonds. The smallest absolute Gasteiger partial charge is 0.354 e. The van der Waals surface area contributed by atoms with Crippen molar-refractivity contribution < 1.29 is 0 Å². The molecule has 2 saturated heterocycles. The van der Waals surface area contributed by atoms with Crippen molar-refractivity contribution in [1.82, 2.24) is 24.8 Å². The third-order valence-electron chi connectivity index (χ3n) is 8.64. The van der Waals surface area contributed by atoms with Crippen LogP contribution in [0.15, 0.2) is 41.3 Å². The molecule has 5 atom stereocenters. The van der Waals surface area contributed by atoms with Gasteiger partial charge in [-0.25, -0.2) is 4.79 Å². The lowest BCUT2D eigenvalue weighted by molar-refractivity contribution is 0.244. The van der Waals surface area contributed by atoms with Gasteiger partial charge in [-0.05, 0) is 81.7 Å². The van der Waals surface area contributed by atoms with Gasteiger partial charge in [-0.3, -0.25) is 14.9 Å². The lowest BCUT2D eigenvalue weighted by Gasteiger charge is -2.23. The Morgan fingerprint density at radius 2 is 2.02 bits per heavy atom. The number of aromatic nitrogens is 3. The van der Waals surface area contributed by atoms with Crippen molar-refractivity contribution in [3.05, 3.63) is 58.3 Å². The van der Waals surface area contributed by atoms with Crippen LogP contribution < -0.4 is 22.5 Å². The molecule has 9 nitrogen and oxygen atoms in total. The van der Waals surface area contributed by atoms with Gasteiger partial charge in [0.15, 0.2) is 5.17 Å². The van der Waals surface area contributed by atoms with E-state index in [1.807, 2.05) is 18.3 Å². The molecule has 0 aliphatic carbocycles. The summed E-state index contributed by atoms with van der Waals surface area (Å²) < 4.78 is 1.66. The summed E-state index contributed by atoms with van der Waals surface area (Å²) in [6.45, 7) is 6.50. The number of nitrogens with zero attached hydrogens (tertiary/aromatic N) is 3. The molecule has 222 valence electrons. The van der Waals surface area contributed by atoms with Crippen LogP contribution in [0.3, 0.4) is 0 Å². The second-order valence-electron chi connectivity index (χ2n) is 12.2. The Kier molecular flexibility index (Phi) is 9.85. The zero-order valence-electron chi connectivity index (χ0n) is 24.4. The molecule has 0 radical (unpaired) electrons. The van der Waals surface area contributed by atoms with E-state index in [1.54, 1.807) is 4.57 Å². The number of amidine groups is 1. The van der Waals surface area contributed by atoms with Gasteiger partial charge in [0.2, 0.25) is 0 Å². The predicted octanol–water partition coefficient (Wildman–Crippen LogP) is 4.81. The number of nitrogens with two attached hydrogens (primary N) is 2. The fraction of sp³-hybridized carbons (Fsp3) is 0.581. The van der Waals surface area contributed by atoms with Gasteiger partial charge in [-0.15, -0.1) is 0 Å². The number of likely N-dealkylation sites (tertiary alicyclic amines) is 1. The molecule has 1 aromatic carbocycles. The standard InChI is InChI=1S/C31H46N8OS/c1-20-16-28(38(18-20)14-5-6-21(2)32)27-17-23-19-39(31(40)37-29(23)36-27)25-11-9-22(10-12-25)26-8-4-3-7-24(35-26)13-15-41-30(33)34/h9-12,17,19-21,24,26,28,35H,3-8,13-16,18,32H2,1-2H3,(H3,33,34)(H,36,37,40)/t20-,21+,24-,26-,28?/m0/s1. The van der Waals surface area contributed by atoms with E-state index in [0.717, 1.165) is 74.1 Å². The maximum Gasteiger partial charge on any atom is 0.354 e. The number of H-pyrrole nitrogens is 1. The monoisotopic (exact) mass is 578 g/mol. The Morgan fingerprint density at radius 1 is 1.24 bits per heavy atom. The molecule has 10 heteroatoms. The van der Waals surface area contributed by atoms with Gasteiger partial charge in [-0.2, -0.15) is 4.98 Å². The number of hydrogen-bond donors (Lipinski definition) is 5. The predicted molar refractivity (Wildman–Crippen MR) is 170 cm³/mol. The van der Waals surface area contributed by atoms with Crippen LogP contribution in [0.5, 0.6) is 0 Å². The molecule has 3 aromatic rings. The van der Waals surface area contributed by atoms with Crippen LogP contribution in [-0.2, 0) is 0 Å². The maximum absolute atomic E-state index is 13.1. The first-order valence-corrected chi connectivity index (χ1v) is 16.2. The Morgan fingerprint density at radius 3 is 2.78 bits per heavy atom. The highest BCUT2D eigenvalue weighted by molar-refractivity contribution is 8.13.